The van der Waals surface area contributed by atoms with E-state index in [4.69, 9.17) is 10.2 Å². The number of aliphatic carboxylic acids is 2. The molecule has 0 radical (unpaired) electrons. The smallest absolute Gasteiger partial charge is 0.305 e. The van der Waals surface area contributed by atoms with Crippen molar-refractivity contribution < 1.29 is 44.1 Å². The van der Waals surface area contributed by atoms with Crippen LogP contribution in [-0.2, 0) is 28.8 Å². The summed E-state index contributed by atoms with van der Waals surface area (Å²) in [5.41, 5.74) is 1.33. The first kappa shape index (κ1) is 24.7. The normalized spacial score (nSPS) is 30.6. The summed E-state index contributed by atoms with van der Waals surface area (Å²) >= 11 is 0. The third kappa shape index (κ3) is 3.98. The molecule has 1 aromatic rings. The van der Waals surface area contributed by atoms with E-state index < -0.39 is 77.5 Å². The molecule has 0 aromatic heterocycles. The molecule has 2 aliphatic carbocycles. The number of carboxylic acid groups (broad SMARTS) is 2. The van der Waals surface area contributed by atoms with Gasteiger partial charge in [0.15, 0.2) is 0 Å². The molecule has 6 atom stereocenters. The number of carbonyl (C=O) groups excluding carboxylic acids is 4. The fourth-order valence-corrected chi connectivity index (χ4v) is 6.67. The van der Waals surface area contributed by atoms with Crippen LogP contribution in [0.2, 0.25) is 0 Å². The van der Waals surface area contributed by atoms with Crippen LogP contribution in [0.3, 0.4) is 0 Å². The Morgan fingerprint density at radius 2 is 1.41 bits per heavy atom. The first-order valence-corrected chi connectivity index (χ1v) is 12.2. The summed E-state index contributed by atoms with van der Waals surface area (Å²) < 4.78 is 0. The summed E-state index contributed by atoms with van der Waals surface area (Å²) in [6.45, 7) is -0.493. The van der Waals surface area contributed by atoms with Gasteiger partial charge < -0.3 is 15.3 Å². The summed E-state index contributed by atoms with van der Waals surface area (Å²) in [4.78, 5) is 77.5. The number of phenolic OH excluding ortho intramolecular Hbond substituents is 1. The molecule has 2 heterocycles. The van der Waals surface area contributed by atoms with E-state index in [-0.39, 0.29) is 38.1 Å². The Morgan fingerprint density at radius 1 is 0.811 bits per heavy atom. The van der Waals surface area contributed by atoms with Gasteiger partial charge in [-0.05, 0) is 36.5 Å². The molecule has 0 spiro atoms. The third-order valence-corrected chi connectivity index (χ3v) is 8.16. The van der Waals surface area contributed by atoms with Gasteiger partial charge in [0.1, 0.15) is 5.75 Å². The molecule has 2 aliphatic heterocycles. The summed E-state index contributed by atoms with van der Waals surface area (Å²) in [6.07, 6.45) is 1.47. The van der Waals surface area contributed by atoms with Crippen LogP contribution in [0.5, 0.6) is 5.75 Å². The topological polar surface area (TPSA) is 170 Å². The van der Waals surface area contributed by atoms with Gasteiger partial charge in [0.2, 0.25) is 23.6 Å². The molecular formula is C26H26N2O9. The highest BCUT2D eigenvalue weighted by molar-refractivity contribution is 6.08. The number of hydrogen-bond acceptors (Lipinski definition) is 7. The van der Waals surface area contributed by atoms with Crippen LogP contribution < -0.4 is 0 Å². The van der Waals surface area contributed by atoms with Crippen molar-refractivity contribution in [3.05, 3.63) is 41.5 Å². The number of phenols is 1. The van der Waals surface area contributed by atoms with Crippen LogP contribution in [0.15, 0.2) is 35.9 Å². The van der Waals surface area contributed by atoms with Crippen LogP contribution in [-0.4, -0.2) is 73.8 Å². The molecule has 1 saturated carbocycles. The molecule has 11 heteroatoms. The summed E-state index contributed by atoms with van der Waals surface area (Å²) in [5, 5.41) is 28.3. The molecule has 11 nitrogen and oxygen atoms in total. The Kier molecular flexibility index (Phi) is 6.09. The number of amides is 4. The second-order valence-electron chi connectivity index (χ2n) is 10.1. The van der Waals surface area contributed by atoms with Crippen molar-refractivity contribution in [1.29, 1.82) is 0 Å². The second kappa shape index (κ2) is 9.13. The third-order valence-electron chi connectivity index (χ3n) is 8.16. The molecule has 4 amide bonds. The minimum absolute atomic E-state index is 0.0306. The predicted octanol–water partition coefficient (Wildman–Crippen LogP) is 0.978. The fourth-order valence-electron chi connectivity index (χ4n) is 6.67. The molecule has 4 aliphatic rings. The van der Waals surface area contributed by atoms with Gasteiger partial charge in [0, 0.05) is 19.0 Å². The predicted molar refractivity (Wildman–Crippen MR) is 124 cm³/mol. The van der Waals surface area contributed by atoms with Crippen molar-refractivity contribution in [2.24, 2.45) is 29.6 Å². The Morgan fingerprint density at radius 3 is 2.00 bits per heavy atom. The van der Waals surface area contributed by atoms with Gasteiger partial charge in [-0.2, -0.15) is 0 Å². The van der Waals surface area contributed by atoms with Crippen molar-refractivity contribution >= 4 is 35.6 Å². The Labute approximate surface area is 211 Å². The summed E-state index contributed by atoms with van der Waals surface area (Å²) in [7, 11) is 0. The number of carboxylic acids is 2. The van der Waals surface area contributed by atoms with Gasteiger partial charge in [-0.1, -0.05) is 23.8 Å². The largest absolute Gasteiger partial charge is 0.508 e. The van der Waals surface area contributed by atoms with Crippen LogP contribution >= 0.6 is 0 Å². The maximum absolute atomic E-state index is 13.5. The fraction of sp³-hybridized carbons (Fsp3) is 0.462. The molecule has 3 fully saturated rings. The molecule has 37 heavy (non-hydrogen) atoms. The number of carbonyl (C=O) groups is 6. The maximum atomic E-state index is 13.5. The number of allylic oxidation sites excluding steroid dienone is 2. The van der Waals surface area contributed by atoms with Crippen molar-refractivity contribution in [2.75, 3.05) is 13.1 Å². The van der Waals surface area contributed by atoms with E-state index in [0.717, 1.165) is 15.4 Å². The summed E-state index contributed by atoms with van der Waals surface area (Å²) in [6, 6.07) is 6.34. The Hall–Kier alpha value is -4.02. The number of hydrogen-bond donors (Lipinski definition) is 3. The number of fused-ring (bicyclic) bond motifs is 4. The lowest BCUT2D eigenvalue weighted by Gasteiger charge is -2.44. The van der Waals surface area contributed by atoms with E-state index in [0.29, 0.717) is 5.56 Å². The van der Waals surface area contributed by atoms with E-state index in [9.17, 15) is 33.9 Å². The van der Waals surface area contributed by atoms with Crippen LogP contribution in [0.4, 0.5) is 0 Å². The highest BCUT2D eigenvalue weighted by Crippen LogP contribution is 2.58. The minimum Gasteiger partial charge on any atom is -0.508 e. The van der Waals surface area contributed by atoms with E-state index in [1.165, 1.54) is 12.1 Å². The molecular weight excluding hydrogens is 484 g/mol. The van der Waals surface area contributed by atoms with Gasteiger partial charge in [-0.3, -0.25) is 38.6 Å². The average molecular weight is 510 g/mol. The van der Waals surface area contributed by atoms with Crippen LogP contribution in [0.25, 0.3) is 0 Å². The van der Waals surface area contributed by atoms with Crippen molar-refractivity contribution in [3.8, 4) is 5.75 Å². The lowest BCUT2D eigenvalue weighted by atomic mass is 9.57. The molecule has 2 saturated heterocycles. The molecule has 194 valence electrons. The van der Waals surface area contributed by atoms with Crippen molar-refractivity contribution in [1.82, 2.24) is 9.80 Å². The highest BCUT2D eigenvalue weighted by Gasteiger charge is 2.61. The summed E-state index contributed by atoms with van der Waals surface area (Å²) in [5.74, 6) is -8.45. The highest BCUT2D eigenvalue weighted by atomic mass is 16.4. The standard InChI is InChI=1S/C26H26N2O9/c29-13-3-1-2-12(10-13)20-14-4-5-15-21(25(36)27(23(15)34)8-6-18(30)31)16(14)11-17-22(20)26(37)28(24(17)35)9-7-19(32)33/h1-4,10,15-17,20-22,29H,5-9,11H2,(H,30,31)(H,32,33). The Bertz CT molecular complexity index is 1250. The van der Waals surface area contributed by atoms with Crippen molar-refractivity contribution in [3.63, 3.8) is 0 Å². The average Bonchev–Trinajstić information content (AvgIpc) is 3.23. The van der Waals surface area contributed by atoms with Gasteiger partial charge in [-0.25, -0.2) is 0 Å². The van der Waals surface area contributed by atoms with Gasteiger partial charge in [0.25, 0.3) is 0 Å². The zero-order valence-electron chi connectivity index (χ0n) is 19.8. The maximum Gasteiger partial charge on any atom is 0.305 e. The number of likely N-dealkylation sites (tertiary alicyclic amines) is 2. The van der Waals surface area contributed by atoms with Crippen LogP contribution in [0.1, 0.15) is 37.2 Å². The first-order valence-electron chi connectivity index (χ1n) is 12.2. The molecule has 5 rings (SSSR count). The van der Waals surface area contributed by atoms with E-state index >= 15 is 0 Å². The van der Waals surface area contributed by atoms with E-state index in [1.54, 1.807) is 12.1 Å². The van der Waals surface area contributed by atoms with E-state index in [1.807, 2.05) is 6.08 Å². The Balaban J connectivity index is 1.55. The zero-order chi connectivity index (χ0) is 26.6. The SMILES string of the molecule is O=C(O)CCN1C(=O)C2CC=C3C(CC4C(=O)N(CCC(=O)O)C(=O)C4C3c3cccc(O)c3)C2C1=O. The number of aromatic hydroxyl groups is 1. The van der Waals surface area contributed by atoms with Crippen molar-refractivity contribution in [2.45, 2.75) is 31.6 Å². The second-order valence-corrected chi connectivity index (χ2v) is 10.1. The number of nitrogens with zero attached hydrogens (tertiary/aromatic N) is 2. The van der Waals surface area contributed by atoms with Gasteiger partial charge in [0.05, 0.1) is 36.5 Å². The number of benzene rings is 1. The molecule has 6 unspecified atom stereocenters. The number of rotatable bonds is 7. The number of imide groups is 2. The zero-order valence-corrected chi connectivity index (χ0v) is 19.8. The van der Waals surface area contributed by atoms with Gasteiger partial charge >= 0.3 is 11.9 Å². The van der Waals surface area contributed by atoms with Crippen LogP contribution in [0, 0.1) is 29.6 Å². The molecule has 3 N–H and O–H groups in total. The lowest BCUT2D eigenvalue weighted by Crippen LogP contribution is -2.43. The molecule has 0 bridgehead atoms. The van der Waals surface area contributed by atoms with E-state index in [2.05, 4.69) is 0 Å². The monoisotopic (exact) mass is 510 g/mol. The molecule has 1 aromatic carbocycles. The quantitative estimate of drug-likeness (QED) is 0.357. The lowest BCUT2D eigenvalue weighted by molar-refractivity contribution is -0.145. The minimum atomic E-state index is -1.14. The first-order chi connectivity index (χ1) is 17.6. The van der Waals surface area contributed by atoms with Gasteiger partial charge in [-0.15, -0.1) is 0 Å².